The molecule has 0 spiro atoms. The third kappa shape index (κ3) is 3.17. The summed E-state index contributed by atoms with van der Waals surface area (Å²) in [6.07, 6.45) is 0.996. The number of rotatable bonds is 5. The number of nitrogens with one attached hydrogen (secondary N) is 1. The van der Waals surface area contributed by atoms with Crippen LogP contribution >= 0.6 is 0 Å². The van der Waals surface area contributed by atoms with Gasteiger partial charge >= 0.3 is 0 Å². The summed E-state index contributed by atoms with van der Waals surface area (Å²) >= 11 is 0. The molecular formula is C26H26N2O2. The van der Waals surface area contributed by atoms with Crippen molar-refractivity contribution >= 4 is 21.7 Å². The monoisotopic (exact) mass is 398 g/mol. The first-order valence-electron chi connectivity index (χ1n) is 10.7. The second-order valence-electron chi connectivity index (χ2n) is 7.55. The molecule has 1 aliphatic rings. The Hall–Kier alpha value is -3.11. The zero-order chi connectivity index (χ0) is 20.5. The van der Waals surface area contributed by atoms with E-state index in [4.69, 9.17) is 14.5 Å². The Bertz CT molecular complexity index is 1230. The van der Waals surface area contributed by atoms with Gasteiger partial charge in [-0.1, -0.05) is 30.3 Å². The fraction of sp³-hybridized carbons (Fsp3) is 0.269. The molecule has 0 radical (unpaired) electrons. The van der Waals surface area contributed by atoms with Crippen LogP contribution in [-0.4, -0.2) is 24.7 Å². The second kappa shape index (κ2) is 7.96. The molecule has 0 atom stereocenters. The molecule has 0 saturated carbocycles. The van der Waals surface area contributed by atoms with Crippen molar-refractivity contribution in [1.29, 1.82) is 0 Å². The summed E-state index contributed by atoms with van der Waals surface area (Å²) in [6.45, 7) is 7.03. The molecule has 152 valence electrons. The number of ether oxygens (including phenoxy) is 2. The molecule has 5 rings (SSSR count). The van der Waals surface area contributed by atoms with E-state index < -0.39 is 0 Å². The van der Waals surface area contributed by atoms with Crippen molar-refractivity contribution in [2.75, 3.05) is 19.8 Å². The summed E-state index contributed by atoms with van der Waals surface area (Å²) in [5, 5.41) is 7.37. The number of nitrogens with zero attached hydrogens (tertiary/aromatic N) is 1. The van der Waals surface area contributed by atoms with Gasteiger partial charge in [-0.2, -0.15) is 0 Å². The van der Waals surface area contributed by atoms with E-state index >= 15 is 0 Å². The molecular weight excluding hydrogens is 372 g/mol. The van der Waals surface area contributed by atoms with Gasteiger partial charge < -0.3 is 14.8 Å². The first-order chi connectivity index (χ1) is 14.8. The van der Waals surface area contributed by atoms with Crippen LogP contribution in [-0.2, 0) is 13.0 Å². The average Bonchev–Trinajstić information content (AvgIpc) is 2.79. The predicted molar refractivity (Wildman–Crippen MR) is 122 cm³/mol. The van der Waals surface area contributed by atoms with E-state index in [1.165, 1.54) is 27.3 Å². The lowest BCUT2D eigenvalue weighted by molar-refractivity contribution is 0.324. The third-order valence-corrected chi connectivity index (χ3v) is 5.76. The van der Waals surface area contributed by atoms with E-state index in [1.54, 1.807) is 0 Å². The van der Waals surface area contributed by atoms with E-state index in [2.05, 4.69) is 47.8 Å². The SMILES string of the molecule is CCOc1ccc(-c2nc3ccc4ccccc4c3c3c2CNCC3)c(OCC)c1. The van der Waals surface area contributed by atoms with Gasteiger partial charge in [0.05, 0.1) is 24.4 Å². The maximum absolute atomic E-state index is 6.01. The van der Waals surface area contributed by atoms with Crippen LogP contribution < -0.4 is 14.8 Å². The van der Waals surface area contributed by atoms with Gasteiger partial charge in [0, 0.05) is 23.6 Å². The minimum atomic E-state index is 0.598. The fourth-order valence-electron chi connectivity index (χ4n) is 4.50. The lowest BCUT2D eigenvalue weighted by Crippen LogP contribution is -2.25. The van der Waals surface area contributed by atoms with Crippen molar-refractivity contribution in [2.24, 2.45) is 0 Å². The number of aromatic nitrogens is 1. The van der Waals surface area contributed by atoms with Crippen LogP contribution in [0.4, 0.5) is 0 Å². The number of hydrogen-bond acceptors (Lipinski definition) is 4. The minimum absolute atomic E-state index is 0.598. The van der Waals surface area contributed by atoms with Crippen molar-refractivity contribution in [3.63, 3.8) is 0 Å². The summed E-state index contributed by atoms with van der Waals surface area (Å²) in [5.74, 6) is 1.65. The highest BCUT2D eigenvalue weighted by Crippen LogP contribution is 2.40. The summed E-state index contributed by atoms with van der Waals surface area (Å²) < 4.78 is 11.7. The lowest BCUT2D eigenvalue weighted by atomic mass is 9.90. The molecule has 1 aromatic heterocycles. The molecule has 0 bridgehead atoms. The fourth-order valence-corrected chi connectivity index (χ4v) is 4.50. The van der Waals surface area contributed by atoms with Crippen molar-refractivity contribution in [3.8, 4) is 22.8 Å². The van der Waals surface area contributed by atoms with Crippen LogP contribution in [0.3, 0.4) is 0 Å². The highest BCUT2D eigenvalue weighted by atomic mass is 16.5. The van der Waals surface area contributed by atoms with Gasteiger partial charge in [-0.05, 0) is 66.9 Å². The number of pyridine rings is 1. The second-order valence-corrected chi connectivity index (χ2v) is 7.55. The highest BCUT2D eigenvalue weighted by molar-refractivity contribution is 6.09. The molecule has 0 unspecified atom stereocenters. The Balaban J connectivity index is 1.79. The minimum Gasteiger partial charge on any atom is -0.494 e. The summed E-state index contributed by atoms with van der Waals surface area (Å²) in [6, 6.07) is 19.0. The molecule has 30 heavy (non-hydrogen) atoms. The Morgan fingerprint density at radius 3 is 2.67 bits per heavy atom. The van der Waals surface area contributed by atoms with E-state index in [0.29, 0.717) is 13.2 Å². The molecule has 0 amide bonds. The average molecular weight is 399 g/mol. The number of fused-ring (bicyclic) bond motifs is 5. The van der Waals surface area contributed by atoms with Crippen LogP contribution in [0.1, 0.15) is 25.0 Å². The summed E-state index contributed by atoms with van der Waals surface area (Å²) in [5.41, 5.74) is 5.75. The van der Waals surface area contributed by atoms with E-state index in [0.717, 1.165) is 47.8 Å². The molecule has 0 aliphatic carbocycles. The number of benzene rings is 3. The van der Waals surface area contributed by atoms with Crippen molar-refractivity contribution < 1.29 is 9.47 Å². The molecule has 0 fully saturated rings. The first-order valence-corrected chi connectivity index (χ1v) is 10.7. The molecule has 1 aliphatic heterocycles. The third-order valence-electron chi connectivity index (χ3n) is 5.76. The van der Waals surface area contributed by atoms with Gasteiger partial charge in [-0.25, -0.2) is 4.98 Å². The van der Waals surface area contributed by atoms with Crippen LogP contribution in [0.5, 0.6) is 11.5 Å². The standard InChI is InChI=1S/C26H26N2O2/c1-3-29-18-10-11-21(24(15-18)30-4-2)26-22-16-27-14-13-20(22)25-19-8-6-5-7-17(19)9-12-23(25)28-26/h5-12,15,27H,3-4,13-14,16H2,1-2H3. The van der Waals surface area contributed by atoms with E-state index in [1.807, 2.05) is 26.0 Å². The molecule has 1 N–H and O–H groups in total. The van der Waals surface area contributed by atoms with Crippen molar-refractivity contribution in [2.45, 2.75) is 26.8 Å². The Labute approximate surface area is 176 Å². The van der Waals surface area contributed by atoms with E-state index in [9.17, 15) is 0 Å². The largest absolute Gasteiger partial charge is 0.494 e. The maximum Gasteiger partial charge on any atom is 0.132 e. The molecule has 3 aromatic carbocycles. The van der Waals surface area contributed by atoms with Crippen LogP contribution in [0.2, 0.25) is 0 Å². The topological polar surface area (TPSA) is 43.4 Å². The quantitative estimate of drug-likeness (QED) is 0.451. The highest BCUT2D eigenvalue weighted by Gasteiger charge is 2.22. The molecule has 4 nitrogen and oxygen atoms in total. The predicted octanol–water partition coefficient (Wildman–Crippen LogP) is 5.50. The van der Waals surface area contributed by atoms with Crippen LogP contribution in [0, 0.1) is 0 Å². The molecule has 4 heteroatoms. The summed E-state index contributed by atoms with van der Waals surface area (Å²) in [4.78, 5) is 5.17. The number of hydrogen-bond donors (Lipinski definition) is 1. The van der Waals surface area contributed by atoms with Gasteiger partial charge in [0.2, 0.25) is 0 Å². The maximum atomic E-state index is 6.01. The zero-order valence-corrected chi connectivity index (χ0v) is 17.5. The van der Waals surface area contributed by atoms with Gasteiger partial charge in [0.25, 0.3) is 0 Å². The smallest absolute Gasteiger partial charge is 0.132 e. The zero-order valence-electron chi connectivity index (χ0n) is 17.5. The normalized spacial score (nSPS) is 13.4. The van der Waals surface area contributed by atoms with Gasteiger partial charge in [-0.3, -0.25) is 0 Å². The van der Waals surface area contributed by atoms with Gasteiger partial charge in [-0.15, -0.1) is 0 Å². The molecule has 4 aromatic rings. The Kier molecular flexibility index (Phi) is 5.01. The van der Waals surface area contributed by atoms with E-state index in [-0.39, 0.29) is 0 Å². The van der Waals surface area contributed by atoms with Crippen LogP contribution in [0.25, 0.3) is 32.9 Å². The van der Waals surface area contributed by atoms with Crippen molar-refractivity contribution in [1.82, 2.24) is 10.3 Å². The van der Waals surface area contributed by atoms with Crippen molar-refractivity contribution in [3.05, 3.63) is 65.7 Å². The lowest BCUT2D eigenvalue weighted by Gasteiger charge is -2.24. The van der Waals surface area contributed by atoms with Gasteiger partial charge in [0.1, 0.15) is 11.5 Å². The molecule has 0 saturated heterocycles. The Morgan fingerprint density at radius 1 is 0.933 bits per heavy atom. The summed E-state index contributed by atoms with van der Waals surface area (Å²) in [7, 11) is 0. The first kappa shape index (κ1) is 18.9. The molecule has 2 heterocycles. The Morgan fingerprint density at radius 2 is 1.80 bits per heavy atom. The van der Waals surface area contributed by atoms with Crippen LogP contribution in [0.15, 0.2) is 54.6 Å². The van der Waals surface area contributed by atoms with Gasteiger partial charge in [0.15, 0.2) is 0 Å².